The van der Waals surface area contributed by atoms with Gasteiger partial charge in [0.1, 0.15) is 5.60 Å². The molecule has 0 aromatic heterocycles. The van der Waals surface area contributed by atoms with Gasteiger partial charge in [-0.15, -0.1) is 0 Å². The molecule has 3 heteroatoms. The van der Waals surface area contributed by atoms with Gasteiger partial charge in [0.2, 0.25) is 5.78 Å². The lowest BCUT2D eigenvalue weighted by Gasteiger charge is -2.33. The van der Waals surface area contributed by atoms with Crippen molar-refractivity contribution < 1.29 is 14.3 Å². The van der Waals surface area contributed by atoms with Crippen LogP contribution in [0.15, 0.2) is 46.8 Å². The molecule has 2 rings (SSSR count). The SMILES string of the molecule is CCCCCC1=CC(=O)C2=C(OC(C)(CCC=C(C)C)C=C2)C1=O. The molecule has 0 fully saturated rings. The first-order chi connectivity index (χ1) is 11.4. The highest BCUT2D eigenvalue weighted by molar-refractivity contribution is 6.23. The Kier molecular flexibility index (Phi) is 5.98. The number of hydrogen-bond acceptors (Lipinski definition) is 3. The molecule has 1 aliphatic carbocycles. The van der Waals surface area contributed by atoms with E-state index in [1.807, 2.05) is 13.0 Å². The Labute approximate surface area is 145 Å². The fourth-order valence-electron chi connectivity index (χ4n) is 3.00. The summed E-state index contributed by atoms with van der Waals surface area (Å²) in [5, 5.41) is 0. The molecule has 0 aromatic carbocycles. The third-order valence-electron chi connectivity index (χ3n) is 4.49. The average molecular weight is 328 g/mol. The van der Waals surface area contributed by atoms with Crippen LogP contribution in [0.2, 0.25) is 0 Å². The number of carbonyl (C=O) groups excluding carboxylic acids is 2. The molecule has 0 saturated carbocycles. The zero-order valence-electron chi connectivity index (χ0n) is 15.3. The van der Waals surface area contributed by atoms with Crippen LogP contribution in [-0.4, -0.2) is 17.2 Å². The molecule has 24 heavy (non-hydrogen) atoms. The van der Waals surface area contributed by atoms with E-state index < -0.39 is 5.60 Å². The Hall–Kier alpha value is -1.90. The summed E-state index contributed by atoms with van der Waals surface area (Å²) in [6.07, 6.45) is 12.7. The van der Waals surface area contributed by atoms with Crippen molar-refractivity contribution in [3.05, 3.63) is 46.8 Å². The van der Waals surface area contributed by atoms with E-state index in [4.69, 9.17) is 4.74 Å². The number of rotatable bonds is 7. The molecule has 0 saturated heterocycles. The van der Waals surface area contributed by atoms with Crippen molar-refractivity contribution >= 4 is 11.6 Å². The van der Waals surface area contributed by atoms with Crippen LogP contribution in [0, 0.1) is 0 Å². The van der Waals surface area contributed by atoms with Crippen LogP contribution in [0.1, 0.15) is 66.2 Å². The molecular weight excluding hydrogens is 300 g/mol. The predicted octanol–water partition coefficient (Wildman–Crippen LogP) is 4.99. The van der Waals surface area contributed by atoms with E-state index in [-0.39, 0.29) is 17.3 Å². The van der Waals surface area contributed by atoms with Gasteiger partial charge in [0.25, 0.3) is 0 Å². The second-order valence-electron chi connectivity index (χ2n) is 7.13. The summed E-state index contributed by atoms with van der Waals surface area (Å²) in [5.74, 6) is 0.0217. The fraction of sp³-hybridized carbons (Fsp3) is 0.524. The average Bonchev–Trinajstić information content (AvgIpc) is 2.51. The first-order valence-corrected chi connectivity index (χ1v) is 8.92. The summed E-state index contributed by atoms with van der Waals surface area (Å²) >= 11 is 0. The van der Waals surface area contributed by atoms with Crippen LogP contribution in [0.5, 0.6) is 0 Å². The highest BCUT2D eigenvalue weighted by Crippen LogP contribution is 2.35. The summed E-state index contributed by atoms with van der Waals surface area (Å²) in [6, 6.07) is 0. The van der Waals surface area contributed by atoms with Crippen molar-refractivity contribution in [2.45, 2.75) is 71.8 Å². The summed E-state index contributed by atoms with van der Waals surface area (Å²) < 4.78 is 6.03. The Morgan fingerprint density at radius 3 is 2.67 bits per heavy atom. The Morgan fingerprint density at radius 2 is 2.00 bits per heavy atom. The van der Waals surface area contributed by atoms with Crippen molar-refractivity contribution in [3.8, 4) is 0 Å². The van der Waals surface area contributed by atoms with E-state index >= 15 is 0 Å². The summed E-state index contributed by atoms with van der Waals surface area (Å²) in [7, 11) is 0. The predicted molar refractivity (Wildman–Crippen MR) is 96.6 cm³/mol. The Bertz CT molecular complexity index is 642. The molecule has 130 valence electrons. The molecule has 0 radical (unpaired) electrons. The van der Waals surface area contributed by atoms with E-state index in [9.17, 15) is 9.59 Å². The summed E-state index contributed by atoms with van der Waals surface area (Å²) in [5.41, 5.74) is 1.73. The number of ketones is 2. The van der Waals surface area contributed by atoms with E-state index in [1.165, 1.54) is 11.6 Å². The number of unbranched alkanes of at least 4 members (excludes halogenated alkanes) is 2. The Morgan fingerprint density at radius 1 is 1.25 bits per heavy atom. The maximum absolute atomic E-state index is 12.7. The number of allylic oxidation sites excluding steroid dienone is 6. The lowest BCUT2D eigenvalue weighted by molar-refractivity contribution is -0.121. The van der Waals surface area contributed by atoms with Crippen molar-refractivity contribution in [1.82, 2.24) is 0 Å². The molecule has 2 aliphatic rings. The normalized spacial score (nSPS) is 22.9. The maximum Gasteiger partial charge on any atom is 0.224 e. The number of Topliss-reactive ketones (excluding diaryl/α,β-unsaturated/α-hetero) is 1. The first kappa shape index (κ1) is 18.4. The van der Waals surface area contributed by atoms with Gasteiger partial charge >= 0.3 is 0 Å². The van der Waals surface area contributed by atoms with Gasteiger partial charge in [-0.2, -0.15) is 0 Å². The minimum absolute atomic E-state index is 0.112. The molecule has 0 aromatic rings. The summed E-state index contributed by atoms with van der Waals surface area (Å²) in [6.45, 7) is 8.23. The second kappa shape index (κ2) is 7.78. The van der Waals surface area contributed by atoms with Crippen molar-refractivity contribution in [2.24, 2.45) is 0 Å². The first-order valence-electron chi connectivity index (χ1n) is 8.92. The number of hydrogen-bond donors (Lipinski definition) is 0. The van der Waals surface area contributed by atoms with Gasteiger partial charge in [-0.1, -0.05) is 31.4 Å². The van der Waals surface area contributed by atoms with Gasteiger partial charge in [0.15, 0.2) is 11.5 Å². The standard InChI is InChI=1S/C21H28O3/c1-5-6-7-10-16-14-18(22)17-11-13-21(4,12-8-9-15(2)3)24-20(17)19(16)23/h9,11,13-14H,5-8,10,12H2,1-4H3. The molecular formula is C21H28O3. The van der Waals surface area contributed by atoms with Gasteiger partial charge in [-0.05, 0) is 64.7 Å². The van der Waals surface area contributed by atoms with E-state index in [0.29, 0.717) is 17.6 Å². The summed E-state index contributed by atoms with van der Waals surface area (Å²) in [4.78, 5) is 25.0. The van der Waals surface area contributed by atoms with Gasteiger partial charge in [0.05, 0.1) is 5.57 Å². The highest BCUT2D eigenvalue weighted by Gasteiger charge is 2.36. The maximum atomic E-state index is 12.7. The van der Waals surface area contributed by atoms with Gasteiger partial charge < -0.3 is 4.74 Å². The molecule has 0 spiro atoms. The van der Waals surface area contributed by atoms with E-state index in [0.717, 1.165) is 32.1 Å². The largest absolute Gasteiger partial charge is 0.479 e. The molecule has 1 aliphatic heterocycles. The van der Waals surface area contributed by atoms with Crippen LogP contribution in [0.3, 0.4) is 0 Å². The highest BCUT2D eigenvalue weighted by atomic mass is 16.5. The molecule has 0 amide bonds. The monoisotopic (exact) mass is 328 g/mol. The molecule has 1 heterocycles. The van der Waals surface area contributed by atoms with Crippen LogP contribution in [0.25, 0.3) is 0 Å². The van der Waals surface area contributed by atoms with Crippen LogP contribution in [-0.2, 0) is 14.3 Å². The van der Waals surface area contributed by atoms with E-state index in [1.54, 1.807) is 6.08 Å². The lowest BCUT2D eigenvalue weighted by Crippen LogP contribution is -2.34. The third-order valence-corrected chi connectivity index (χ3v) is 4.49. The van der Waals surface area contributed by atoms with Crippen LogP contribution in [0.4, 0.5) is 0 Å². The van der Waals surface area contributed by atoms with Crippen LogP contribution >= 0.6 is 0 Å². The zero-order valence-corrected chi connectivity index (χ0v) is 15.3. The Balaban J connectivity index is 2.12. The van der Waals surface area contributed by atoms with Gasteiger partial charge in [0, 0.05) is 5.57 Å². The minimum Gasteiger partial charge on any atom is -0.479 e. The number of carbonyl (C=O) groups is 2. The van der Waals surface area contributed by atoms with E-state index in [2.05, 4.69) is 26.8 Å². The lowest BCUT2D eigenvalue weighted by atomic mass is 9.87. The number of ether oxygens (including phenoxy) is 1. The fourth-order valence-corrected chi connectivity index (χ4v) is 3.00. The topological polar surface area (TPSA) is 43.4 Å². The third kappa shape index (κ3) is 4.34. The van der Waals surface area contributed by atoms with Crippen molar-refractivity contribution in [3.63, 3.8) is 0 Å². The molecule has 0 bridgehead atoms. The molecule has 3 nitrogen and oxygen atoms in total. The van der Waals surface area contributed by atoms with Crippen LogP contribution < -0.4 is 0 Å². The second-order valence-corrected chi connectivity index (χ2v) is 7.13. The quantitative estimate of drug-likeness (QED) is 0.375. The molecule has 0 N–H and O–H groups in total. The minimum atomic E-state index is -0.535. The molecule has 1 atom stereocenters. The van der Waals surface area contributed by atoms with Crippen molar-refractivity contribution in [1.29, 1.82) is 0 Å². The van der Waals surface area contributed by atoms with Crippen molar-refractivity contribution in [2.75, 3.05) is 0 Å². The van der Waals surface area contributed by atoms with Gasteiger partial charge in [-0.25, -0.2) is 0 Å². The molecule has 1 unspecified atom stereocenters. The zero-order chi connectivity index (χ0) is 17.7. The smallest absolute Gasteiger partial charge is 0.224 e. The van der Waals surface area contributed by atoms with Gasteiger partial charge in [-0.3, -0.25) is 9.59 Å².